The summed E-state index contributed by atoms with van der Waals surface area (Å²) in [6.45, 7) is 5.01. The van der Waals surface area contributed by atoms with Crippen LogP contribution in [0.3, 0.4) is 0 Å². The Morgan fingerprint density at radius 2 is 1.06 bits per heavy atom. The average molecular weight is 417 g/mol. The molecule has 2 N–H and O–H groups in total. The summed E-state index contributed by atoms with van der Waals surface area (Å²) in [5, 5.41) is 39.2. The van der Waals surface area contributed by atoms with Gasteiger partial charge in [-0.3, -0.25) is 9.80 Å². The number of fused-ring (bicyclic) bond motifs is 2. The third-order valence-corrected chi connectivity index (χ3v) is 6.44. The molecule has 6 heteroatoms. The van der Waals surface area contributed by atoms with Crippen molar-refractivity contribution in [1.29, 1.82) is 10.5 Å². The number of β-amino-alcohol motifs (C(OH)–C–C–N with tert-alkyl or cyclic N) is 2. The second-order valence-electron chi connectivity index (χ2n) is 8.90. The minimum Gasteiger partial charge on any atom is -0.387 e. The first-order chi connectivity index (χ1) is 15.0. The highest BCUT2D eigenvalue weighted by atomic mass is 16.3. The van der Waals surface area contributed by atoms with Crippen LogP contribution in [0.5, 0.6) is 0 Å². The summed E-state index contributed by atoms with van der Waals surface area (Å²) in [5.41, 5.74) is 2.90. The maximum Gasteiger partial charge on any atom is 0.0991 e. The van der Waals surface area contributed by atoms with Gasteiger partial charge in [0, 0.05) is 39.3 Å². The van der Waals surface area contributed by atoms with Gasteiger partial charge in [-0.2, -0.15) is 10.5 Å². The number of benzene rings is 2. The number of rotatable bonds is 6. The van der Waals surface area contributed by atoms with Gasteiger partial charge < -0.3 is 10.2 Å². The Labute approximate surface area is 183 Å². The molecule has 2 heterocycles. The van der Waals surface area contributed by atoms with Crippen molar-refractivity contribution in [3.05, 3.63) is 70.8 Å². The van der Waals surface area contributed by atoms with Gasteiger partial charge in [0.25, 0.3) is 0 Å². The van der Waals surface area contributed by atoms with E-state index in [1.54, 1.807) is 24.3 Å². The topological polar surface area (TPSA) is 94.5 Å². The van der Waals surface area contributed by atoms with Crippen LogP contribution in [0.1, 0.15) is 40.9 Å². The number of hydrogen-bond donors (Lipinski definition) is 2. The lowest BCUT2D eigenvalue weighted by atomic mass is 9.84. The fourth-order valence-electron chi connectivity index (χ4n) is 5.05. The van der Waals surface area contributed by atoms with Crippen LogP contribution in [-0.4, -0.2) is 59.3 Å². The van der Waals surface area contributed by atoms with E-state index in [4.69, 9.17) is 10.5 Å². The van der Waals surface area contributed by atoms with Crippen LogP contribution < -0.4 is 0 Å². The number of aliphatic hydroxyl groups excluding tert-OH is 2. The fourth-order valence-corrected chi connectivity index (χ4v) is 5.05. The summed E-state index contributed by atoms with van der Waals surface area (Å²) in [6, 6.07) is 18.6. The maximum absolute atomic E-state index is 10.6. The first-order valence-electron chi connectivity index (χ1n) is 10.8. The molecule has 0 radical (unpaired) electrons. The van der Waals surface area contributed by atoms with E-state index in [0.717, 1.165) is 37.3 Å². The third-order valence-electron chi connectivity index (χ3n) is 6.44. The van der Waals surface area contributed by atoms with Crippen LogP contribution >= 0.6 is 0 Å². The number of nitriles is 2. The first kappa shape index (κ1) is 21.5. The van der Waals surface area contributed by atoms with E-state index >= 15 is 0 Å². The monoisotopic (exact) mass is 416 g/mol. The standard InChI is InChI=1S/C25H28N4O2/c26-10-18-1-5-22(6-2-18)24(30)16-28-12-20-9-21(13-28)15-29(14-20)17-25(31)23-7-3-19(11-27)4-8-23/h1-8,20-21,24-25,30-31H,9,12-17H2. The van der Waals surface area contributed by atoms with Gasteiger partial charge in [-0.05, 0) is 53.6 Å². The molecular weight excluding hydrogens is 388 g/mol. The van der Waals surface area contributed by atoms with E-state index < -0.39 is 12.2 Å². The Morgan fingerprint density at radius 1 is 0.710 bits per heavy atom. The summed E-state index contributed by atoms with van der Waals surface area (Å²) >= 11 is 0. The van der Waals surface area contributed by atoms with Crippen LogP contribution in [0.25, 0.3) is 0 Å². The molecule has 2 aliphatic heterocycles. The minimum absolute atomic E-state index is 0.536. The van der Waals surface area contributed by atoms with Crippen LogP contribution in [-0.2, 0) is 0 Å². The third kappa shape index (κ3) is 5.31. The van der Waals surface area contributed by atoms with Crippen molar-refractivity contribution in [2.24, 2.45) is 11.8 Å². The van der Waals surface area contributed by atoms with Crippen LogP contribution in [0, 0.1) is 34.5 Å². The van der Waals surface area contributed by atoms with Crippen LogP contribution in [0.4, 0.5) is 0 Å². The van der Waals surface area contributed by atoms with E-state index in [-0.39, 0.29) is 0 Å². The lowest BCUT2D eigenvalue weighted by molar-refractivity contribution is -0.00567. The van der Waals surface area contributed by atoms with E-state index in [1.165, 1.54) is 6.42 Å². The van der Waals surface area contributed by atoms with Crippen LogP contribution in [0.2, 0.25) is 0 Å². The summed E-state index contributed by atoms with van der Waals surface area (Å²) < 4.78 is 0. The smallest absolute Gasteiger partial charge is 0.0991 e. The van der Waals surface area contributed by atoms with Crippen LogP contribution in [0.15, 0.2) is 48.5 Å². The van der Waals surface area contributed by atoms with Crippen molar-refractivity contribution in [3.63, 3.8) is 0 Å². The molecule has 0 aliphatic carbocycles. The number of aliphatic hydroxyl groups is 2. The van der Waals surface area contributed by atoms with Gasteiger partial charge in [0.2, 0.25) is 0 Å². The highest BCUT2D eigenvalue weighted by molar-refractivity contribution is 5.33. The SMILES string of the molecule is N#Cc1ccc(C(O)CN2CC3CC(C2)CN(CC(O)c2ccc(C#N)cc2)C3)cc1. The predicted octanol–water partition coefficient (Wildman–Crippen LogP) is 2.45. The zero-order valence-corrected chi connectivity index (χ0v) is 17.6. The van der Waals surface area contributed by atoms with Gasteiger partial charge in [-0.1, -0.05) is 24.3 Å². The van der Waals surface area contributed by atoms with Gasteiger partial charge in [-0.15, -0.1) is 0 Å². The van der Waals surface area contributed by atoms with Crippen molar-refractivity contribution < 1.29 is 10.2 Å². The van der Waals surface area contributed by atoms with Crippen molar-refractivity contribution in [1.82, 2.24) is 9.80 Å². The molecule has 0 saturated carbocycles. The second-order valence-corrected chi connectivity index (χ2v) is 8.90. The zero-order chi connectivity index (χ0) is 21.8. The Kier molecular flexibility index (Phi) is 6.65. The molecule has 2 atom stereocenters. The maximum atomic E-state index is 10.6. The van der Waals surface area contributed by atoms with Gasteiger partial charge in [0.15, 0.2) is 0 Å². The molecule has 4 rings (SSSR count). The van der Waals surface area contributed by atoms with Gasteiger partial charge in [0.05, 0.1) is 35.5 Å². The quantitative estimate of drug-likeness (QED) is 0.751. The summed E-state index contributed by atoms with van der Waals surface area (Å²) in [4.78, 5) is 4.71. The zero-order valence-electron chi connectivity index (χ0n) is 17.6. The Bertz CT molecular complexity index is 870. The molecule has 0 aromatic heterocycles. The molecule has 2 unspecified atom stereocenters. The molecule has 0 spiro atoms. The molecule has 2 bridgehead atoms. The van der Waals surface area contributed by atoms with E-state index in [1.807, 2.05) is 24.3 Å². The normalized spacial score (nSPS) is 23.5. The molecule has 6 nitrogen and oxygen atoms in total. The van der Waals surface area contributed by atoms with Crippen molar-refractivity contribution in [2.45, 2.75) is 18.6 Å². The highest BCUT2D eigenvalue weighted by Crippen LogP contribution is 2.31. The molecule has 31 heavy (non-hydrogen) atoms. The Balaban J connectivity index is 1.30. The summed E-state index contributed by atoms with van der Waals surface area (Å²) in [5.74, 6) is 1.07. The molecule has 2 aromatic carbocycles. The minimum atomic E-state index is -0.555. The fraction of sp³-hybridized carbons (Fsp3) is 0.440. The average Bonchev–Trinajstić information content (AvgIpc) is 2.78. The molecule has 2 saturated heterocycles. The van der Waals surface area contributed by atoms with E-state index in [2.05, 4.69) is 21.9 Å². The van der Waals surface area contributed by atoms with E-state index in [9.17, 15) is 10.2 Å². The number of hydrogen-bond acceptors (Lipinski definition) is 6. The van der Waals surface area contributed by atoms with Gasteiger partial charge in [0.1, 0.15) is 0 Å². The largest absolute Gasteiger partial charge is 0.387 e. The van der Waals surface area contributed by atoms with E-state index in [0.29, 0.717) is 36.1 Å². The Hall–Kier alpha value is -2.74. The lowest BCUT2D eigenvalue weighted by Crippen LogP contribution is -2.53. The van der Waals surface area contributed by atoms with Gasteiger partial charge in [-0.25, -0.2) is 0 Å². The summed E-state index contributed by atoms with van der Waals surface area (Å²) in [6.07, 6.45) is 0.0918. The molecule has 160 valence electrons. The second kappa shape index (κ2) is 9.60. The number of piperidine rings is 2. The predicted molar refractivity (Wildman–Crippen MR) is 117 cm³/mol. The van der Waals surface area contributed by atoms with Gasteiger partial charge >= 0.3 is 0 Å². The molecular formula is C25H28N4O2. The molecule has 2 aromatic rings. The number of likely N-dealkylation sites (tertiary alicyclic amines) is 2. The molecule has 0 amide bonds. The molecule has 2 aliphatic rings. The summed E-state index contributed by atoms with van der Waals surface area (Å²) in [7, 11) is 0. The highest BCUT2D eigenvalue weighted by Gasteiger charge is 2.35. The lowest BCUT2D eigenvalue weighted by Gasteiger charge is -2.46. The van der Waals surface area contributed by atoms with Crippen molar-refractivity contribution in [3.8, 4) is 12.1 Å². The van der Waals surface area contributed by atoms with Crippen molar-refractivity contribution >= 4 is 0 Å². The Morgan fingerprint density at radius 3 is 1.39 bits per heavy atom. The first-order valence-corrected chi connectivity index (χ1v) is 10.8. The number of nitrogens with zero attached hydrogens (tertiary/aromatic N) is 4. The van der Waals surface area contributed by atoms with Crippen molar-refractivity contribution in [2.75, 3.05) is 39.3 Å². The molecule has 2 fully saturated rings.